The van der Waals surface area contributed by atoms with E-state index in [4.69, 9.17) is 0 Å². The number of nitrogens with zero attached hydrogens (tertiary/aromatic N) is 2. The van der Waals surface area contributed by atoms with Crippen LogP contribution in [0.1, 0.15) is 15.9 Å². The Kier molecular flexibility index (Phi) is 5.88. The zero-order chi connectivity index (χ0) is 19.2. The molecule has 27 heavy (non-hydrogen) atoms. The van der Waals surface area contributed by atoms with Crippen molar-refractivity contribution in [1.29, 1.82) is 0 Å². The molecule has 0 aliphatic carbocycles. The largest absolute Gasteiger partial charge is 0.465 e. The normalized spacial score (nSPS) is 17.3. The van der Waals surface area contributed by atoms with Crippen LogP contribution in [0.15, 0.2) is 76.6 Å². The van der Waals surface area contributed by atoms with Crippen LogP contribution in [0.3, 0.4) is 0 Å². The lowest BCUT2D eigenvalue weighted by molar-refractivity contribution is -0.121. The molecule has 0 spiro atoms. The monoisotopic (exact) mass is 378 g/mol. The second-order valence-electron chi connectivity index (χ2n) is 5.70. The summed E-state index contributed by atoms with van der Waals surface area (Å²) in [7, 11) is 3.03. The number of hydrogen-bond donors (Lipinski definition) is 0. The number of rotatable bonds is 4. The number of ether oxygens (including phenoxy) is 1. The molecule has 136 valence electrons. The van der Waals surface area contributed by atoms with Gasteiger partial charge in [0, 0.05) is 7.05 Å². The van der Waals surface area contributed by atoms with Crippen molar-refractivity contribution in [2.24, 2.45) is 4.99 Å². The van der Waals surface area contributed by atoms with Gasteiger partial charge in [-0.1, -0.05) is 42.5 Å². The molecule has 0 radical (unpaired) electrons. The number of methoxy groups -OCH3 is 1. The average Bonchev–Trinajstić information content (AvgIpc) is 2.97. The molecule has 1 heterocycles. The van der Waals surface area contributed by atoms with E-state index in [0.29, 0.717) is 21.3 Å². The summed E-state index contributed by atoms with van der Waals surface area (Å²) in [6, 6.07) is 16.6. The molecule has 0 bridgehead atoms. The fraction of sp³-hybridized carbons (Fsp3) is 0.0952. The average molecular weight is 378 g/mol. The van der Waals surface area contributed by atoms with Gasteiger partial charge in [0.05, 0.1) is 23.3 Å². The van der Waals surface area contributed by atoms with Gasteiger partial charge in [0.1, 0.15) is 0 Å². The first-order valence-electron chi connectivity index (χ1n) is 8.25. The van der Waals surface area contributed by atoms with Crippen LogP contribution in [0.4, 0.5) is 5.69 Å². The maximum atomic E-state index is 12.4. The molecule has 2 aromatic rings. The summed E-state index contributed by atoms with van der Waals surface area (Å²) >= 11 is 1.32. The molecular formula is C21H18N2O3S. The third-order valence-electron chi connectivity index (χ3n) is 3.85. The highest BCUT2D eigenvalue weighted by Gasteiger charge is 2.29. The quantitative estimate of drug-likeness (QED) is 0.589. The molecule has 2 aromatic carbocycles. The van der Waals surface area contributed by atoms with Crippen LogP contribution in [0, 0.1) is 0 Å². The van der Waals surface area contributed by atoms with Gasteiger partial charge in [-0.2, -0.15) is 0 Å². The van der Waals surface area contributed by atoms with Gasteiger partial charge in [-0.25, -0.2) is 9.79 Å². The van der Waals surface area contributed by atoms with Crippen LogP contribution in [0.5, 0.6) is 0 Å². The lowest BCUT2D eigenvalue weighted by atomic mass is 10.2. The zero-order valence-corrected chi connectivity index (χ0v) is 15.8. The second kappa shape index (κ2) is 8.51. The lowest BCUT2D eigenvalue weighted by Gasteiger charge is -2.07. The van der Waals surface area contributed by atoms with E-state index < -0.39 is 5.97 Å². The first-order chi connectivity index (χ1) is 13.1. The van der Waals surface area contributed by atoms with E-state index in [1.165, 1.54) is 23.8 Å². The molecule has 1 saturated heterocycles. The second-order valence-corrected chi connectivity index (χ2v) is 6.71. The van der Waals surface area contributed by atoms with Gasteiger partial charge in [0.25, 0.3) is 5.91 Å². The molecule has 1 fully saturated rings. The smallest absolute Gasteiger partial charge is 0.337 e. The van der Waals surface area contributed by atoms with Crippen LogP contribution in [0.2, 0.25) is 0 Å². The number of amidine groups is 1. The van der Waals surface area contributed by atoms with Gasteiger partial charge < -0.3 is 4.74 Å². The molecule has 1 amide bonds. The van der Waals surface area contributed by atoms with Crippen molar-refractivity contribution >= 4 is 40.6 Å². The molecule has 6 heteroatoms. The van der Waals surface area contributed by atoms with Crippen LogP contribution < -0.4 is 0 Å². The standard InChI is InChI=1S/C21H18N2O3S/c1-23-19(24)18(10-6-9-15-7-4-3-5-8-15)27-21(23)22-17-13-11-16(12-14-17)20(25)26-2/h3-14H,1-2H3. The molecule has 1 aliphatic heterocycles. The minimum atomic E-state index is -0.396. The maximum absolute atomic E-state index is 12.4. The number of carbonyl (C=O) groups is 2. The van der Waals surface area contributed by atoms with E-state index in [9.17, 15) is 9.59 Å². The SMILES string of the molecule is COC(=O)c1ccc(N=C2SC(=CC=Cc3ccccc3)C(=O)N2C)cc1. The molecule has 0 N–H and O–H groups in total. The number of benzene rings is 2. The van der Waals surface area contributed by atoms with E-state index >= 15 is 0 Å². The Hall–Kier alpha value is -3.12. The Bertz CT molecular complexity index is 932. The lowest BCUT2D eigenvalue weighted by Crippen LogP contribution is -2.23. The molecule has 1 aliphatic rings. The predicted molar refractivity (Wildman–Crippen MR) is 109 cm³/mol. The summed E-state index contributed by atoms with van der Waals surface area (Å²) in [5.74, 6) is -0.491. The fourth-order valence-corrected chi connectivity index (χ4v) is 3.32. The minimum Gasteiger partial charge on any atom is -0.465 e. The first kappa shape index (κ1) is 18.7. The topological polar surface area (TPSA) is 59.0 Å². The molecule has 0 atom stereocenters. The number of amides is 1. The highest BCUT2D eigenvalue weighted by molar-refractivity contribution is 8.18. The minimum absolute atomic E-state index is 0.0948. The molecule has 0 aromatic heterocycles. The van der Waals surface area contributed by atoms with Crippen LogP contribution >= 0.6 is 11.8 Å². The molecule has 0 saturated carbocycles. The van der Waals surface area contributed by atoms with Gasteiger partial charge in [0.15, 0.2) is 5.17 Å². The fourth-order valence-electron chi connectivity index (χ4n) is 2.38. The van der Waals surface area contributed by atoms with Gasteiger partial charge in [-0.3, -0.25) is 9.69 Å². The maximum Gasteiger partial charge on any atom is 0.337 e. The Morgan fingerprint density at radius 2 is 1.81 bits per heavy atom. The summed E-state index contributed by atoms with van der Waals surface area (Å²) < 4.78 is 4.68. The number of hydrogen-bond acceptors (Lipinski definition) is 5. The van der Waals surface area contributed by atoms with E-state index in [2.05, 4.69) is 9.73 Å². The number of likely N-dealkylation sites (N-methyl/N-ethyl adjacent to an activating group) is 1. The summed E-state index contributed by atoms with van der Waals surface area (Å²) in [6.45, 7) is 0. The molecule has 3 rings (SSSR count). The number of aliphatic imine (C=N–C) groups is 1. The Morgan fingerprint density at radius 1 is 1.11 bits per heavy atom. The summed E-state index contributed by atoms with van der Waals surface area (Å²) in [5.41, 5.74) is 2.18. The van der Waals surface area contributed by atoms with Gasteiger partial charge >= 0.3 is 5.97 Å². The summed E-state index contributed by atoms with van der Waals surface area (Å²) in [6.07, 6.45) is 5.60. The Balaban J connectivity index is 1.75. The van der Waals surface area contributed by atoms with Crippen LogP contribution in [-0.2, 0) is 9.53 Å². The molecular weight excluding hydrogens is 360 g/mol. The third kappa shape index (κ3) is 4.54. The van der Waals surface area contributed by atoms with Crippen molar-refractivity contribution in [3.8, 4) is 0 Å². The number of allylic oxidation sites excluding steroid dienone is 2. The third-order valence-corrected chi connectivity index (χ3v) is 4.93. The van der Waals surface area contributed by atoms with E-state index in [0.717, 1.165) is 5.56 Å². The Morgan fingerprint density at radius 3 is 2.48 bits per heavy atom. The van der Waals surface area contributed by atoms with Crippen molar-refractivity contribution in [2.75, 3.05) is 14.2 Å². The van der Waals surface area contributed by atoms with Gasteiger partial charge in [0.2, 0.25) is 0 Å². The van der Waals surface area contributed by atoms with E-state index in [1.807, 2.05) is 42.5 Å². The summed E-state index contributed by atoms with van der Waals surface area (Å²) in [4.78, 5) is 30.5. The first-order valence-corrected chi connectivity index (χ1v) is 9.06. The number of thioether (sulfide) groups is 1. The van der Waals surface area contributed by atoms with Crippen molar-refractivity contribution in [1.82, 2.24) is 4.90 Å². The zero-order valence-electron chi connectivity index (χ0n) is 15.0. The molecule has 0 unspecified atom stereocenters. The van der Waals surface area contributed by atoms with Crippen molar-refractivity contribution < 1.29 is 14.3 Å². The van der Waals surface area contributed by atoms with Gasteiger partial charge in [-0.05, 0) is 47.7 Å². The summed E-state index contributed by atoms with van der Waals surface area (Å²) in [5, 5.41) is 0.588. The number of esters is 1. The van der Waals surface area contributed by atoms with Crippen LogP contribution in [0.25, 0.3) is 6.08 Å². The van der Waals surface area contributed by atoms with Crippen molar-refractivity contribution in [3.63, 3.8) is 0 Å². The predicted octanol–water partition coefficient (Wildman–Crippen LogP) is 4.26. The van der Waals surface area contributed by atoms with Crippen molar-refractivity contribution in [3.05, 3.63) is 82.8 Å². The van der Waals surface area contributed by atoms with Crippen LogP contribution in [-0.4, -0.2) is 36.1 Å². The number of carbonyl (C=O) groups excluding carboxylic acids is 2. The Labute approximate surface area is 162 Å². The van der Waals surface area contributed by atoms with E-state index in [-0.39, 0.29) is 5.91 Å². The molecule has 5 nitrogen and oxygen atoms in total. The highest BCUT2D eigenvalue weighted by atomic mass is 32.2. The van der Waals surface area contributed by atoms with E-state index in [1.54, 1.807) is 37.4 Å². The van der Waals surface area contributed by atoms with Gasteiger partial charge in [-0.15, -0.1) is 0 Å². The highest BCUT2D eigenvalue weighted by Crippen LogP contribution is 2.31. The van der Waals surface area contributed by atoms with Crippen molar-refractivity contribution in [2.45, 2.75) is 0 Å².